The number of hydrogen-bond acceptors (Lipinski definition) is 6. The summed E-state index contributed by atoms with van der Waals surface area (Å²) in [5.74, 6) is -3.07. The highest BCUT2D eigenvalue weighted by atomic mass is 19.1. The molecule has 4 atom stereocenters. The number of carbonyl (C=O) groups is 1. The summed E-state index contributed by atoms with van der Waals surface area (Å²) in [6, 6.07) is 5.61. The summed E-state index contributed by atoms with van der Waals surface area (Å²) in [5, 5.41) is 10.5. The van der Waals surface area contributed by atoms with Gasteiger partial charge >= 0.3 is 0 Å². The van der Waals surface area contributed by atoms with Crippen LogP contribution in [0.25, 0.3) is 11.3 Å². The lowest BCUT2D eigenvalue weighted by atomic mass is 9.88. The first-order chi connectivity index (χ1) is 17.2. The number of ketones is 1. The number of nitrogens with zero attached hydrogens (tertiary/aromatic N) is 2. The van der Waals surface area contributed by atoms with Gasteiger partial charge in [0.25, 0.3) is 0 Å². The predicted molar refractivity (Wildman–Crippen MR) is 125 cm³/mol. The first kappa shape index (κ1) is 24.5. The largest absolute Gasteiger partial charge is 0.389 e. The van der Waals surface area contributed by atoms with Gasteiger partial charge in [-0.1, -0.05) is 0 Å². The monoisotopic (exact) mass is 497 g/mol. The van der Waals surface area contributed by atoms with E-state index in [1.807, 2.05) is 0 Å². The number of nitrogens with two attached hydrogens (primary N) is 1. The van der Waals surface area contributed by atoms with Crippen LogP contribution < -0.4 is 5.73 Å². The number of aryl methyl sites for hydroxylation is 1. The maximum absolute atomic E-state index is 14.5. The van der Waals surface area contributed by atoms with Crippen LogP contribution in [0.4, 0.5) is 13.2 Å². The molecule has 3 aromatic rings. The Bertz CT molecular complexity index is 1290. The molecule has 0 bridgehead atoms. The van der Waals surface area contributed by atoms with Crippen LogP contribution in [0, 0.1) is 30.3 Å². The Morgan fingerprint density at radius 1 is 1.14 bits per heavy atom. The minimum atomic E-state index is -0.962. The van der Waals surface area contributed by atoms with E-state index in [4.69, 9.17) is 10.5 Å². The quantitative estimate of drug-likeness (QED) is 0.495. The summed E-state index contributed by atoms with van der Waals surface area (Å²) in [6.45, 7) is 1.52. The van der Waals surface area contributed by atoms with Crippen molar-refractivity contribution >= 4 is 5.78 Å². The van der Waals surface area contributed by atoms with Crippen molar-refractivity contribution in [1.82, 2.24) is 9.97 Å². The number of hydrogen-bond donors (Lipinski definition) is 2. The molecule has 1 saturated heterocycles. The van der Waals surface area contributed by atoms with Crippen LogP contribution in [0.3, 0.4) is 0 Å². The lowest BCUT2D eigenvalue weighted by Gasteiger charge is -2.39. The summed E-state index contributed by atoms with van der Waals surface area (Å²) >= 11 is 0. The zero-order valence-corrected chi connectivity index (χ0v) is 19.6. The van der Waals surface area contributed by atoms with Crippen molar-refractivity contribution in [1.29, 1.82) is 0 Å². The molecule has 0 unspecified atom stereocenters. The van der Waals surface area contributed by atoms with Crippen LogP contribution >= 0.6 is 0 Å². The average Bonchev–Trinajstić information content (AvgIpc) is 3.67. The van der Waals surface area contributed by atoms with Gasteiger partial charge in [0, 0.05) is 24.9 Å². The van der Waals surface area contributed by atoms with E-state index >= 15 is 0 Å². The number of Topliss-reactive ketones (excluding diaryl/α,β-unsaturated/α-hetero) is 1. The Balaban J connectivity index is 1.42. The molecule has 3 heterocycles. The smallest absolute Gasteiger partial charge is 0.185 e. The number of benzene rings is 1. The number of rotatable bonds is 6. The lowest BCUT2D eigenvalue weighted by molar-refractivity contribution is -0.137. The van der Waals surface area contributed by atoms with Crippen LogP contribution in [0.1, 0.15) is 52.5 Å². The van der Waals surface area contributed by atoms with E-state index in [0.717, 1.165) is 36.6 Å². The van der Waals surface area contributed by atoms with Crippen LogP contribution in [0.15, 0.2) is 42.7 Å². The van der Waals surface area contributed by atoms with E-state index in [0.29, 0.717) is 17.5 Å². The molecule has 2 aromatic heterocycles. The molecule has 1 aliphatic carbocycles. The zero-order chi connectivity index (χ0) is 25.6. The zero-order valence-electron chi connectivity index (χ0n) is 19.6. The van der Waals surface area contributed by atoms with Crippen LogP contribution in [-0.4, -0.2) is 39.1 Å². The Kier molecular flexibility index (Phi) is 6.63. The van der Waals surface area contributed by atoms with E-state index in [1.165, 1.54) is 13.0 Å². The highest BCUT2D eigenvalue weighted by Gasteiger charge is 2.45. The van der Waals surface area contributed by atoms with Crippen LogP contribution in [-0.2, 0) is 11.2 Å². The Morgan fingerprint density at radius 3 is 2.56 bits per heavy atom. The maximum atomic E-state index is 14.5. The van der Waals surface area contributed by atoms with E-state index < -0.39 is 52.7 Å². The fraction of sp³-hybridized carbons (Fsp3) is 0.370. The third kappa shape index (κ3) is 4.78. The van der Waals surface area contributed by atoms with Gasteiger partial charge in [0.2, 0.25) is 0 Å². The minimum Gasteiger partial charge on any atom is -0.389 e. The van der Waals surface area contributed by atoms with Crippen LogP contribution in [0.5, 0.6) is 0 Å². The standard InChI is InChI=1S/C27H26F3N3O3/c1-13-8-18(29)24(19(30)9-13)25-17(28)4-5-21(33-25)22(34)10-15-12-32-7-6-16(15)23-11-20(31)26(35)27(36-23)14-2-3-14/h4-9,12,14,20,23,26-27,35H,2-3,10-11,31H2,1H3/t20-,23-,26+,27-/m0/s1. The Morgan fingerprint density at radius 2 is 1.86 bits per heavy atom. The van der Waals surface area contributed by atoms with Gasteiger partial charge in [0.1, 0.15) is 28.8 Å². The number of halogens is 3. The third-order valence-corrected chi connectivity index (χ3v) is 6.86. The second kappa shape index (κ2) is 9.72. The van der Waals surface area contributed by atoms with Crippen molar-refractivity contribution in [2.75, 3.05) is 0 Å². The number of carbonyl (C=O) groups excluding carboxylic acids is 1. The second-order valence-electron chi connectivity index (χ2n) is 9.62. The Hall–Kier alpha value is -3.14. The maximum Gasteiger partial charge on any atom is 0.185 e. The van der Waals surface area contributed by atoms with Gasteiger partial charge in [-0.3, -0.25) is 9.78 Å². The number of aliphatic hydroxyl groups is 1. The topological polar surface area (TPSA) is 98.3 Å². The first-order valence-corrected chi connectivity index (χ1v) is 11.9. The van der Waals surface area contributed by atoms with Crippen molar-refractivity contribution in [2.24, 2.45) is 11.7 Å². The van der Waals surface area contributed by atoms with Gasteiger partial charge in [0.05, 0.1) is 23.9 Å². The summed E-state index contributed by atoms with van der Waals surface area (Å²) < 4.78 is 49.7. The predicted octanol–water partition coefficient (Wildman–Crippen LogP) is 4.22. The van der Waals surface area contributed by atoms with Crippen molar-refractivity contribution in [3.8, 4) is 11.3 Å². The van der Waals surface area contributed by atoms with Gasteiger partial charge in [-0.25, -0.2) is 18.2 Å². The first-order valence-electron chi connectivity index (χ1n) is 11.9. The van der Waals surface area contributed by atoms with Crippen molar-refractivity contribution < 1.29 is 27.8 Å². The number of aliphatic hydroxyl groups excluding tert-OH is 1. The van der Waals surface area contributed by atoms with Gasteiger partial charge in [0.15, 0.2) is 5.78 Å². The van der Waals surface area contributed by atoms with Gasteiger partial charge < -0.3 is 15.6 Å². The molecule has 1 aromatic carbocycles. The molecule has 1 saturated carbocycles. The molecule has 0 amide bonds. The lowest BCUT2D eigenvalue weighted by Crippen LogP contribution is -2.50. The van der Waals surface area contributed by atoms with Crippen molar-refractivity contribution in [3.63, 3.8) is 0 Å². The van der Waals surface area contributed by atoms with Crippen LogP contribution in [0.2, 0.25) is 0 Å². The molecular formula is C27H26F3N3O3. The van der Waals surface area contributed by atoms with E-state index in [9.17, 15) is 23.1 Å². The number of ether oxygens (including phenoxy) is 1. The number of aromatic nitrogens is 2. The summed E-state index contributed by atoms with van der Waals surface area (Å²) in [7, 11) is 0. The minimum absolute atomic E-state index is 0.131. The summed E-state index contributed by atoms with van der Waals surface area (Å²) in [5.41, 5.74) is 6.53. The number of pyridine rings is 2. The molecule has 2 aliphatic rings. The Labute approximate surface area is 206 Å². The summed E-state index contributed by atoms with van der Waals surface area (Å²) in [4.78, 5) is 21.3. The molecular weight excluding hydrogens is 471 g/mol. The second-order valence-corrected chi connectivity index (χ2v) is 9.62. The van der Waals surface area contributed by atoms with Gasteiger partial charge in [-0.2, -0.15) is 0 Å². The van der Waals surface area contributed by atoms with E-state index in [2.05, 4.69) is 9.97 Å². The highest BCUT2D eigenvalue weighted by molar-refractivity contribution is 5.96. The average molecular weight is 498 g/mol. The van der Waals surface area contributed by atoms with Crippen molar-refractivity contribution in [3.05, 3.63) is 82.6 Å². The summed E-state index contributed by atoms with van der Waals surface area (Å²) in [6.07, 6.45) is 3.79. The molecule has 5 rings (SSSR count). The molecule has 188 valence electrons. The normalized spacial score (nSPS) is 24.1. The van der Waals surface area contributed by atoms with Gasteiger partial charge in [-0.15, -0.1) is 0 Å². The van der Waals surface area contributed by atoms with E-state index in [1.54, 1.807) is 18.5 Å². The molecule has 6 nitrogen and oxygen atoms in total. The molecule has 9 heteroatoms. The third-order valence-electron chi connectivity index (χ3n) is 6.86. The molecule has 3 N–H and O–H groups in total. The SMILES string of the molecule is Cc1cc(F)c(-c2nc(C(=O)Cc3cnccc3[C@@H]3C[C@H](N)[C@@H](O)[C@H](C4CC4)O3)ccc2F)c(F)c1. The fourth-order valence-corrected chi connectivity index (χ4v) is 4.83. The van der Waals surface area contributed by atoms with Gasteiger partial charge in [-0.05, 0) is 79.1 Å². The van der Waals surface area contributed by atoms with E-state index in [-0.39, 0.29) is 24.1 Å². The molecule has 1 aliphatic heterocycles. The molecule has 36 heavy (non-hydrogen) atoms. The van der Waals surface area contributed by atoms with Crippen molar-refractivity contribution in [2.45, 2.75) is 57.0 Å². The fourth-order valence-electron chi connectivity index (χ4n) is 4.83. The molecule has 2 fully saturated rings. The highest BCUT2D eigenvalue weighted by Crippen LogP contribution is 2.43. The molecule has 0 radical (unpaired) electrons. The molecule has 0 spiro atoms.